The second kappa shape index (κ2) is 7.73. The van der Waals surface area contributed by atoms with E-state index in [2.05, 4.69) is 20.8 Å². The monoisotopic (exact) mass is 242 g/mol. The smallest absolute Gasteiger partial charge is 0.306 e. The summed E-state index contributed by atoms with van der Waals surface area (Å²) in [5, 5.41) is 0. The van der Waals surface area contributed by atoms with Crippen LogP contribution < -0.4 is 0 Å². The van der Waals surface area contributed by atoms with E-state index in [0.29, 0.717) is 18.3 Å². The van der Waals surface area contributed by atoms with Crippen molar-refractivity contribution >= 4 is 5.97 Å². The van der Waals surface area contributed by atoms with Gasteiger partial charge in [0.25, 0.3) is 0 Å². The van der Waals surface area contributed by atoms with Crippen molar-refractivity contribution in [1.82, 2.24) is 0 Å². The van der Waals surface area contributed by atoms with Crippen molar-refractivity contribution in [1.29, 1.82) is 0 Å². The third-order valence-corrected chi connectivity index (χ3v) is 2.65. The molecule has 2 nitrogen and oxygen atoms in total. The second-order valence-electron chi connectivity index (χ2n) is 6.43. The number of carbonyl (C=O) groups is 1. The highest BCUT2D eigenvalue weighted by molar-refractivity contribution is 5.70. The first-order chi connectivity index (χ1) is 7.74. The molecule has 2 heteroatoms. The number of ether oxygens (including phenoxy) is 1. The molecule has 0 saturated carbocycles. The summed E-state index contributed by atoms with van der Waals surface area (Å²) in [5.74, 6) is 1.10. The molecule has 0 aliphatic carbocycles. The Bertz CT molecular complexity index is 213. The van der Waals surface area contributed by atoms with Crippen LogP contribution in [0, 0.1) is 11.8 Å². The van der Waals surface area contributed by atoms with Crippen molar-refractivity contribution in [3.8, 4) is 0 Å². The third-order valence-electron chi connectivity index (χ3n) is 2.65. The van der Waals surface area contributed by atoms with Crippen molar-refractivity contribution in [2.75, 3.05) is 0 Å². The second-order valence-corrected chi connectivity index (χ2v) is 6.43. The Morgan fingerprint density at radius 1 is 1.24 bits per heavy atom. The van der Waals surface area contributed by atoms with E-state index in [9.17, 15) is 4.79 Å². The number of esters is 1. The predicted molar refractivity (Wildman–Crippen MR) is 72.9 cm³/mol. The van der Waals surface area contributed by atoms with Gasteiger partial charge in [-0.2, -0.15) is 0 Å². The van der Waals surface area contributed by atoms with E-state index in [1.807, 2.05) is 20.8 Å². The number of rotatable bonds is 7. The average Bonchev–Trinajstić information content (AvgIpc) is 2.09. The van der Waals surface area contributed by atoms with Gasteiger partial charge in [0.15, 0.2) is 0 Å². The number of unbranched alkanes of at least 4 members (excludes halogenated alkanes) is 1. The summed E-state index contributed by atoms with van der Waals surface area (Å²) >= 11 is 0. The van der Waals surface area contributed by atoms with Crippen LogP contribution in [0.3, 0.4) is 0 Å². The van der Waals surface area contributed by atoms with Gasteiger partial charge in [-0.25, -0.2) is 0 Å². The van der Waals surface area contributed by atoms with Gasteiger partial charge in [0.05, 0.1) is 0 Å². The van der Waals surface area contributed by atoms with E-state index in [4.69, 9.17) is 4.74 Å². The summed E-state index contributed by atoms with van der Waals surface area (Å²) < 4.78 is 5.39. The molecule has 0 aromatic rings. The van der Waals surface area contributed by atoms with E-state index in [0.717, 1.165) is 12.8 Å². The molecule has 0 fully saturated rings. The molecular formula is C15H30O2. The molecule has 0 saturated heterocycles. The van der Waals surface area contributed by atoms with Gasteiger partial charge >= 0.3 is 5.97 Å². The minimum Gasteiger partial charge on any atom is -0.460 e. The van der Waals surface area contributed by atoms with E-state index < -0.39 is 0 Å². The Labute approximate surface area is 107 Å². The molecule has 17 heavy (non-hydrogen) atoms. The number of hydrogen-bond donors (Lipinski definition) is 0. The first kappa shape index (κ1) is 16.5. The van der Waals surface area contributed by atoms with Crippen LogP contribution in [0.15, 0.2) is 0 Å². The fourth-order valence-electron chi connectivity index (χ4n) is 2.08. The zero-order valence-electron chi connectivity index (χ0n) is 12.5. The Hall–Kier alpha value is -0.530. The topological polar surface area (TPSA) is 26.3 Å². The van der Waals surface area contributed by atoms with Gasteiger partial charge in [0, 0.05) is 6.42 Å². The quantitative estimate of drug-likeness (QED) is 0.611. The minimum absolute atomic E-state index is 0.0424. The lowest BCUT2D eigenvalue weighted by Gasteiger charge is -2.23. The van der Waals surface area contributed by atoms with Gasteiger partial charge in [-0.1, -0.05) is 33.6 Å². The summed E-state index contributed by atoms with van der Waals surface area (Å²) in [6, 6.07) is 0. The third kappa shape index (κ3) is 10.3. The highest BCUT2D eigenvalue weighted by Crippen LogP contribution is 2.23. The lowest BCUT2D eigenvalue weighted by atomic mass is 9.90. The van der Waals surface area contributed by atoms with Crippen LogP contribution >= 0.6 is 0 Å². The normalized spacial score (nSPS) is 13.8. The molecular weight excluding hydrogens is 212 g/mol. The lowest BCUT2D eigenvalue weighted by Crippen LogP contribution is -2.25. The highest BCUT2D eigenvalue weighted by Gasteiger charge is 2.20. The SMILES string of the molecule is CCCCC(CC(=O)OC(C)(C)C)CC(C)C. The molecule has 102 valence electrons. The van der Waals surface area contributed by atoms with Gasteiger partial charge < -0.3 is 4.74 Å². The molecule has 1 atom stereocenters. The fraction of sp³-hybridized carbons (Fsp3) is 0.933. The molecule has 0 bridgehead atoms. The molecule has 0 spiro atoms. The van der Waals surface area contributed by atoms with E-state index in [-0.39, 0.29) is 11.6 Å². The van der Waals surface area contributed by atoms with Crippen molar-refractivity contribution < 1.29 is 9.53 Å². The Morgan fingerprint density at radius 2 is 1.82 bits per heavy atom. The summed E-state index contributed by atoms with van der Waals surface area (Å²) in [5.41, 5.74) is -0.357. The zero-order chi connectivity index (χ0) is 13.5. The Kier molecular flexibility index (Phi) is 7.49. The minimum atomic E-state index is -0.357. The Balaban J connectivity index is 4.17. The summed E-state index contributed by atoms with van der Waals surface area (Å²) in [6.45, 7) is 12.4. The molecule has 0 N–H and O–H groups in total. The summed E-state index contributed by atoms with van der Waals surface area (Å²) in [6.07, 6.45) is 5.26. The molecule has 0 aromatic carbocycles. The standard InChI is InChI=1S/C15H30O2/c1-7-8-9-13(10-12(2)3)11-14(16)17-15(4,5)6/h12-13H,7-11H2,1-6H3. The Morgan fingerprint density at radius 3 is 2.24 bits per heavy atom. The van der Waals surface area contributed by atoms with Crippen molar-refractivity contribution in [2.45, 2.75) is 79.2 Å². The lowest BCUT2D eigenvalue weighted by molar-refractivity contribution is -0.156. The molecule has 0 amide bonds. The van der Waals surface area contributed by atoms with Crippen molar-refractivity contribution in [2.24, 2.45) is 11.8 Å². The zero-order valence-corrected chi connectivity index (χ0v) is 12.5. The van der Waals surface area contributed by atoms with Gasteiger partial charge in [-0.05, 0) is 45.4 Å². The van der Waals surface area contributed by atoms with Crippen molar-refractivity contribution in [3.63, 3.8) is 0 Å². The van der Waals surface area contributed by atoms with Gasteiger partial charge in [0.2, 0.25) is 0 Å². The van der Waals surface area contributed by atoms with Crippen LogP contribution in [-0.2, 0) is 9.53 Å². The van der Waals surface area contributed by atoms with E-state index in [1.54, 1.807) is 0 Å². The van der Waals surface area contributed by atoms with Crippen LogP contribution in [-0.4, -0.2) is 11.6 Å². The first-order valence-corrected chi connectivity index (χ1v) is 6.96. The molecule has 1 unspecified atom stereocenters. The summed E-state index contributed by atoms with van der Waals surface area (Å²) in [4.78, 5) is 11.8. The highest BCUT2D eigenvalue weighted by atomic mass is 16.6. The molecule has 0 aliphatic rings. The molecule has 0 radical (unpaired) electrons. The maximum atomic E-state index is 11.8. The van der Waals surface area contributed by atoms with Crippen LogP contribution in [0.5, 0.6) is 0 Å². The molecule has 0 heterocycles. The van der Waals surface area contributed by atoms with Gasteiger partial charge in [-0.3, -0.25) is 4.79 Å². The predicted octanol–water partition coefficient (Wildman–Crippen LogP) is 4.57. The molecule has 0 rings (SSSR count). The average molecular weight is 242 g/mol. The van der Waals surface area contributed by atoms with E-state index in [1.165, 1.54) is 12.8 Å². The van der Waals surface area contributed by atoms with Crippen LogP contribution in [0.4, 0.5) is 0 Å². The van der Waals surface area contributed by atoms with Crippen molar-refractivity contribution in [3.05, 3.63) is 0 Å². The number of hydrogen-bond acceptors (Lipinski definition) is 2. The summed E-state index contributed by atoms with van der Waals surface area (Å²) in [7, 11) is 0. The van der Waals surface area contributed by atoms with E-state index >= 15 is 0 Å². The molecule has 0 aliphatic heterocycles. The first-order valence-electron chi connectivity index (χ1n) is 6.96. The van der Waals surface area contributed by atoms with Crippen LogP contribution in [0.2, 0.25) is 0 Å². The largest absolute Gasteiger partial charge is 0.460 e. The fourth-order valence-corrected chi connectivity index (χ4v) is 2.08. The van der Waals surface area contributed by atoms with Crippen LogP contribution in [0.25, 0.3) is 0 Å². The maximum absolute atomic E-state index is 11.8. The van der Waals surface area contributed by atoms with Gasteiger partial charge in [-0.15, -0.1) is 0 Å². The maximum Gasteiger partial charge on any atom is 0.306 e. The van der Waals surface area contributed by atoms with Gasteiger partial charge in [0.1, 0.15) is 5.60 Å². The van der Waals surface area contributed by atoms with Crippen LogP contribution in [0.1, 0.15) is 73.6 Å². The molecule has 0 aromatic heterocycles. The number of carbonyl (C=O) groups excluding carboxylic acids is 1.